The van der Waals surface area contributed by atoms with Gasteiger partial charge in [-0.3, -0.25) is 9.69 Å². The first kappa shape index (κ1) is 13.8. The number of carbonyl (C=O) groups is 1. The summed E-state index contributed by atoms with van der Waals surface area (Å²) in [6.07, 6.45) is 6.68. The normalized spacial score (nSPS) is 25.5. The van der Waals surface area contributed by atoms with Crippen molar-refractivity contribution in [1.82, 2.24) is 14.9 Å². The molecule has 2 fully saturated rings. The number of hydrogen-bond donors (Lipinski definition) is 0. The first-order chi connectivity index (χ1) is 10.7. The first-order valence-corrected chi connectivity index (χ1v) is 8.47. The number of carbonyl (C=O) groups excluding carboxylic acids is 1. The number of thiophene rings is 1. The van der Waals surface area contributed by atoms with Gasteiger partial charge in [0.05, 0.1) is 18.1 Å². The van der Waals surface area contributed by atoms with Gasteiger partial charge in [0.25, 0.3) is 0 Å². The third kappa shape index (κ3) is 2.53. The lowest BCUT2D eigenvalue weighted by molar-refractivity contribution is -0.117. The summed E-state index contributed by atoms with van der Waals surface area (Å²) < 4.78 is 0. The Balaban J connectivity index is 1.46. The van der Waals surface area contributed by atoms with E-state index in [0.29, 0.717) is 6.42 Å². The predicted molar refractivity (Wildman–Crippen MR) is 85.6 cm³/mol. The zero-order valence-corrected chi connectivity index (χ0v) is 13.1. The third-order valence-electron chi connectivity index (χ3n) is 4.68. The minimum atomic E-state index is 0.100. The molecule has 1 spiro atoms. The molecule has 6 heteroatoms. The van der Waals surface area contributed by atoms with Crippen LogP contribution in [0.2, 0.25) is 0 Å². The van der Waals surface area contributed by atoms with Gasteiger partial charge in [-0.1, -0.05) is 0 Å². The summed E-state index contributed by atoms with van der Waals surface area (Å²) in [6, 6.07) is 2.18. The quantitative estimate of drug-likeness (QED) is 0.871. The molecule has 2 aliphatic heterocycles. The summed E-state index contributed by atoms with van der Waals surface area (Å²) in [5.41, 5.74) is 2.29. The number of anilines is 1. The highest BCUT2D eigenvalue weighted by atomic mass is 32.1. The van der Waals surface area contributed by atoms with E-state index in [1.807, 2.05) is 4.90 Å². The smallest absolute Gasteiger partial charge is 0.227 e. The van der Waals surface area contributed by atoms with Crippen LogP contribution in [0.4, 0.5) is 5.69 Å². The van der Waals surface area contributed by atoms with Crippen LogP contribution in [0.25, 0.3) is 0 Å². The Kier molecular flexibility index (Phi) is 3.43. The standard InChI is InChI=1S/C16H18N4OS/c21-15-5-16(11-20(15)14-6-17-12-18-7-14)2-3-19(10-16)8-13-1-4-22-9-13/h1,4,6-7,9,12H,2-3,5,8,10-11H2/t16-/m0/s1. The fourth-order valence-electron chi connectivity index (χ4n) is 3.64. The molecule has 0 bridgehead atoms. The maximum absolute atomic E-state index is 12.4. The number of nitrogens with zero attached hydrogens (tertiary/aromatic N) is 4. The van der Waals surface area contributed by atoms with E-state index in [-0.39, 0.29) is 11.3 Å². The highest BCUT2D eigenvalue weighted by Crippen LogP contribution is 2.41. The van der Waals surface area contributed by atoms with E-state index in [4.69, 9.17) is 0 Å². The van der Waals surface area contributed by atoms with Crippen LogP contribution in [0.15, 0.2) is 35.5 Å². The van der Waals surface area contributed by atoms with Crippen molar-refractivity contribution in [2.45, 2.75) is 19.4 Å². The van der Waals surface area contributed by atoms with Crippen LogP contribution in [-0.2, 0) is 11.3 Å². The Morgan fingerprint density at radius 1 is 1.27 bits per heavy atom. The van der Waals surface area contributed by atoms with Gasteiger partial charge in [-0.15, -0.1) is 0 Å². The molecule has 0 aliphatic carbocycles. The molecule has 0 unspecified atom stereocenters. The monoisotopic (exact) mass is 314 g/mol. The van der Waals surface area contributed by atoms with Crippen LogP contribution in [0.5, 0.6) is 0 Å². The van der Waals surface area contributed by atoms with Gasteiger partial charge in [0.15, 0.2) is 0 Å². The van der Waals surface area contributed by atoms with Crippen molar-refractivity contribution in [3.8, 4) is 0 Å². The van der Waals surface area contributed by atoms with Gasteiger partial charge in [0.1, 0.15) is 6.33 Å². The lowest BCUT2D eigenvalue weighted by atomic mass is 9.86. The number of amides is 1. The number of aromatic nitrogens is 2. The molecule has 0 aromatic carbocycles. The highest BCUT2D eigenvalue weighted by molar-refractivity contribution is 7.07. The van der Waals surface area contributed by atoms with Crippen molar-refractivity contribution in [2.24, 2.45) is 5.41 Å². The van der Waals surface area contributed by atoms with Gasteiger partial charge in [-0.2, -0.15) is 11.3 Å². The van der Waals surface area contributed by atoms with Gasteiger partial charge < -0.3 is 4.90 Å². The molecule has 5 nitrogen and oxygen atoms in total. The van der Waals surface area contributed by atoms with Gasteiger partial charge in [0, 0.05) is 31.5 Å². The van der Waals surface area contributed by atoms with Crippen molar-refractivity contribution in [1.29, 1.82) is 0 Å². The molecule has 2 aliphatic rings. The molecule has 22 heavy (non-hydrogen) atoms. The van der Waals surface area contributed by atoms with Gasteiger partial charge in [-0.05, 0) is 35.4 Å². The molecular weight excluding hydrogens is 296 g/mol. The Hall–Kier alpha value is -1.79. The van der Waals surface area contributed by atoms with E-state index in [0.717, 1.165) is 38.3 Å². The summed E-state index contributed by atoms with van der Waals surface area (Å²) >= 11 is 1.74. The molecule has 2 aromatic heterocycles. The van der Waals surface area contributed by atoms with E-state index < -0.39 is 0 Å². The van der Waals surface area contributed by atoms with E-state index in [1.165, 1.54) is 11.9 Å². The average Bonchev–Trinajstić information content (AvgIpc) is 3.23. The fraction of sp³-hybridized carbons (Fsp3) is 0.438. The molecule has 114 valence electrons. The predicted octanol–water partition coefficient (Wildman–Crippen LogP) is 2.17. The SMILES string of the molecule is O=C1C[C@]2(CCN(Cc3ccsc3)C2)CN1c1cncnc1. The Morgan fingerprint density at radius 2 is 2.14 bits per heavy atom. The molecule has 1 atom stereocenters. The molecule has 0 saturated carbocycles. The van der Waals surface area contributed by atoms with Crippen molar-refractivity contribution in [3.05, 3.63) is 41.1 Å². The second-order valence-corrected chi connectivity index (χ2v) is 7.13. The lowest BCUT2D eigenvalue weighted by Gasteiger charge is -2.24. The minimum Gasteiger partial charge on any atom is -0.309 e. The van der Waals surface area contributed by atoms with Crippen molar-refractivity contribution < 1.29 is 4.79 Å². The van der Waals surface area contributed by atoms with Crippen molar-refractivity contribution in [2.75, 3.05) is 24.5 Å². The topological polar surface area (TPSA) is 49.3 Å². The maximum Gasteiger partial charge on any atom is 0.227 e. The third-order valence-corrected chi connectivity index (χ3v) is 5.42. The van der Waals surface area contributed by atoms with Crippen LogP contribution in [0, 0.1) is 5.41 Å². The Bertz CT molecular complexity index is 660. The Labute approximate surface area is 133 Å². The van der Waals surface area contributed by atoms with Crippen LogP contribution in [0.3, 0.4) is 0 Å². The molecule has 4 rings (SSSR count). The number of rotatable bonds is 3. The van der Waals surface area contributed by atoms with E-state index >= 15 is 0 Å². The summed E-state index contributed by atoms with van der Waals surface area (Å²) in [7, 11) is 0. The molecule has 4 heterocycles. The molecule has 2 aromatic rings. The second-order valence-electron chi connectivity index (χ2n) is 6.35. The van der Waals surface area contributed by atoms with E-state index in [9.17, 15) is 4.79 Å². The molecule has 0 N–H and O–H groups in total. The lowest BCUT2D eigenvalue weighted by Crippen LogP contribution is -2.31. The number of likely N-dealkylation sites (tertiary alicyclic amines) is 1. The molecule has 2 saturated heterocycles. The van der Waals surface area contributed by atoms with Crippen molar-refractivity contribution in [3.63, 3.8) is 0 Å². The largest absolute Gasteiger partial charge is 0.309 e. The van der Waals surface area contributed by atoms with Gasteiger partial charge >= 0.3 is 0 Å². The van der Waals surface area contributed by atoms with E-state index in [1.54, 1.807) is 23.7 Å². The van der Waals surface area contributed by atoms with E-state index in [2.05, 4.69) is 31.7 Å². The summed E-state index contributed by atoms with van der Waals surface area (Å²) in [5.74, 6) is 0.201. The molecule has 1 amide bonds. The molecule has 0 radical (unpaired) electrons. The Morgan fingerprint density at radius 3 is 2.91 bits per heavy atom. The fourth-order valence-corrected chi connectivity index (χ4v) is 4.30. The average molecular weight is 314 g/mol. The van der Waals surface area contributed by atoms with Crippen LogP contribution >= 0.6 is 11.3 Å². The van der Waals surface area contributed by atoms with Crippen LogP contribution < -0.4 is 4.90 Å². The first-order valence-electron chi connectivity index (χ1n) is 7.53. The van der Waals surface area contributed by atoms with Gasteiger partial charge in [0.2, 0.25) is 5.91 Å². The van der Waals surface area contributed by atoms with Crippen molar-refractivity contribution >= 4 is 22.9 Å². The summed E-state index contributed by atoms with van der Waals surface area (Å²) in [5, 5.41) is 4.33. The molecular formula is C16H18N4OS. The summed E-state index contributed by atoms with van der Waals surface area (Å²) in [6.45, 7) is 3.86. The highest BCUT2D eigenvalue weighted by Gasteiger charge is 2.47. The zero-order valence-electron chi connectivity index (χ0n) is 12.3. The second kappa shape index (κ2) is 5.44. The minimum absolute atomic E-state index is 0.100. The zero-order chi connectivity index (χ0) is 15.0. The summed E-state index contributed by atoms with van der Waals surface area (Å²) in [4.78, 5) is 24.8. The van der Waals surface area contributed by atoms with Gasteiger partial charge in [-0.25, -0.2) is 9.97 Å². The van der Waals surface area contributed by atoms with Crippen LogP contribution in [-0.4, -0.2) is 40.4 Å². The maximum atomic E-state index is 12.4. The number of hydrogen-bond acceptors (Lipinski definition) is 5. The van der Waals surface area contributed by atoms with Crippen LogP contribution in [0.1, 0.15) is 18.4 Å².